The molecule has 0 saturated carbocycles. The molecule has 100 valence electrons. The number of rotatable bonds is 3. The number of benzene rings is 1. The number of hydrazine groups is 1. The Morgan fingerprint density at radius 1 is 1.47 bits per heavy atom. The molecule has 1 aliphatic rings. The van der Waals surface area contributed by atoms with Gasteiger partial charge in [0.05, 0.1) is 6.04 Å². The average molecular weight is 260 g/mol. The van der Waals surface area contributed by atoms with E-state index in [-0.39, 0.29) is 11.9 Å². The van der Waals surface area contributed by atoms with Crippen molar-refractivity contribution in [2.45, 2.75) is 19.5 Å². The van der Waals surface area contributed by atoms with E-state index in [1.54, 1.807) is 0 Å². The van der Waals surface area contributed by atoms with Crippen molar-refractivity contribution in [3.63, 3.8) is 0 Å². The fraction of sp³-hybridized carbons (Fsp3) is 0.286. The Bertz CT molecular complexity index is 632. The highest BCUT2D eigenvalue weighted by Gasteiger charge is 2.24. The molecular formula is C14H17FN4. The van der Waals surface area contributed by atoms with E-state index in [0.29, 0.717) is 0 Å². The molecule has 3 rings (SSSR count). The largest absolute Gasteiger partial charge is 0.357 e. The first-order valence-electron chi connectivity index (χ1n) is 6.33. The molecule has 19 heavy (non-hydrogen) atoms. The molecule has 1 unspecified atom stereocenters. The third-order valence-corrected chi connectivity index (χ3v) is 3.34. The van der Waals surface area contributed by atoms with Crippen LogP contribution in [0.25, 0.3) is 10.9 Å². The summed E-state index contributed by atoms with van der Waals surface area (Å²) in [6.45, 7) is 7.30. The molecule has 5 heteroatoms. The molecule has 4 N–H and O–H groups in total. The lowest BCUT2D eigenvalue weighted by molar-refractivity contribution is 0.426. The highest BCUT2D eigenvalue weighted by molar-refractivity contribution is 5.85. The number of hydrogen-bond donors (Lipinski definition) is 4. The molecule has 4 nitrogen and oxygen atoms in total. The van der Waals surface area contributed by atoms with Gasteiger partial charge in [-0.15, -0.1) is 0 Å². The summed E-state index contributed by atoms with van der Waals surface area (Å²) >= 11 is 0. The first-order valence-corrected chi connectivity index (χ1v) is 6.33. The third-order valence-electron chi connectivity index (χ3n) is 3.34. The fourth-order valence-electron chi connectivity index (χ4n) is 2.56. The van der Waals surface area contributed by atoms with Crippen LogP contribution in [0, 0.1) is 5.82 Å². The number of aromatic amines is 1. The van der Waals surface area contributed by atoms with Crippen molar-refractivity contribution in [1.82, 2.24) is 21.2 Å². The van der Waals surface area contributed by atoms with E-state index in [0.717, 1.165) is 35.4 Å². The molecular weight excluding hydrogens is 243 g/mol. The van der Waals surface area contributed by atoms with Crippen LogP contribution >= 0.6 is 0 Å². The van der Waals surface area contributed by atoms with Gasteiger partial charge in [-0.25, -0.2) is 9.82 Å². The van der Waals surface area contributed by atoms with Gasteiger partial charge in [-0.3, -0.25) is 0 Å². The zero-order chi connectivity index (χ0) is 13.4. The van der Waals surface area contributed by atoms with Gasteiger partial charge in [-0.2, -0.15) is 0 Å². The number of aromatic nitrogens is 1. The summed E-state index contributed by atoms with van der Waals surface area (Å²) < 4.78 is 13.3. The lowest BCUT2D eigenvalue weighted by Gasteiger charge is -2.25. The highest BCUT2D eigenvalue weighted by atomic mass is 19.1. The van der Waals surface area contributed by atoms with Crippen molar-refractivity contribution in [1.29, 1.82) is 0 Å². The number of hydrogen-bond acceptors (Lipinski definition) is 3. The summed E-state index contributed by atoms with van der Waals surface area (Å²) in [4.78, 5) is 3.28. The van der Waals surface area contributed by atoms with Crippen molar-refractivity contribution in [2.75, 3.05) is 6.54 Å². The summed E-state index contributed by atoms with van der Waals surface area (Å²) in [6, 6.07) is 5.00. The van der Waals surface area contributed by atoms with Crippen LogP contribution in [0.2, 0.25) is 0 Å². The zero-order valence-corrected chi connectivity index (χ0v) is 10.8. The van der Waals surface area contributed by atoms with Crippen LogP contribution in [0.3, 0.4) is 0 Å². The Hall–Kier alpha value is -1.85. The van der Waals surface area contributed by atoms with E-state index in [1.165, 1.54) is 17.7 Å². The third kappa shape index (κ3) is 2.22. The number of nitrogens with one attached hydrogen (secondary N) is 4. The van der Waals surface area contributed by atoms with E-state index in [2.05, 4.69) is 27.7 Å². The van der Waals surface area contributed by atoms with Crippen LogP contribution in [0.5, 0.6) is 0 Å². The van der Waals surface area contributed by atoms with Crippen molar-refractivity contribution >= 4 is 10.9 Å². The molecule has 0 saturated heterocycles. The SMILES string of the molecule is C=C(C)NNC1CNCc2[nH]c3cc(F)ccc3c21. The van der Waals surface area contributed by atoms with Crippen LogP contribution in [0.4, 0.5) is 4.39 Å². The van der Waals surface area contributed by atoms with E-state index in [9.17, 15) is 4.39 Å². The Labute approximate surface area is 111 Å². The van der Waals surface area contributed by atoms with Gasteiger partial charge >= 0.3 is 0 Å². The van der Waals surface area contributed by atoms with Gasteiger partial charge in [0, 0.05) is 40.9 Å². The number of H-pyrrole nitrogens is 1. The van der Waals surface area contributed by atoms with Gasteiger partial charge in [0.2, 0.25) is 0 Å². The van der Waals surface area contributed by atoms with Crippen molar-refractivity contribution in [3.05, 3.63) is 47.5 Å². The molecule has 0 radical (unpaired) electrons. The molecule has 2 aromatic rings. The van der Waals surface area contributed by atoms with Gasteiger partial charge in [-0.1, -0.05) is 6.58 Å². The Morgan fingerprint density at radius 3 is 3.11 bits per heavy atom. The second-order valence-electron chi connectivity index (χ2n) is 4.94. The fourth-order valence-corrected chi connectivity index (χ4v) is 2.56. The minimum absolute atomic E-state index is 0.125. The van der Waals surface area contributed by atoms with Crippen LogP contribution in [-0.4, -0.2) is 11.5 Å². The molecule has 0 amide bonds. The van der Waals surface area contributed by atoms with Crippen LogP contribution < -0.4 is 16.2 Å². The predicted molar refractivity (Wildman–Crippen MR) is 73.8 cm³/mol. The van der Waals surface area contributed by atoms with Gasteiger partial charge in [0.15, 0.2) is 0 Å². The summed E-state index contributed by atoms with van der Waals surface area (Å²) in [5.74, 6) is -0.219. The second-order valence-corrected chi connectivity index (χ2v) is 4.94. The van der Waals surface area contributed by atoms with E-state index >= 15 is 0 Å². The molecule has 1 aliphatic heterocycles. The molecule has 2 heterocycles. The quantitative estimate of drug-likeness (QED) is 0.639. The monoisotopic (exact) mass is 260 g/mol. The van der Waals surface area contributed by atoms with Crippen LogP contribution in [0.1, 0.15) is 24.2 Å². The maximum Gasteiger partial charge on any atom is 0.125 e. The van der Waals surface area contributed by atoms with Crippen molar-refractivity contribution < 1.29 is 4.39 Å². The lowest BCUT2D eigenvalue weighted by atomic mass is 10.00. The zero-order valence-electron chi connectivity index (χ0n) is 10.8. The normalized spacial score (nSPS) is 18.3. The number of allylic oxidation sites excluding steroid dienone is 1. The van der Waals surface area contributed by atoms with E-state index < -0.39 is 0 Å². The lowest BCUT2D eigenvalue weighted by Crippen LogP contribution is -2.42. The highest BCUT2D eigenvalue weighted by Crippen LogP contribution is 2.30. The van der Waals surface area contributed by atoms with Gasteiger partial charge in [0.1, 0.15) is 5.82 Å². The molecule has 1 atom stereocenters. The maximum absolute atomic E-state index is 13.3. The first-order chi connectivity index (χ1) is 9.15. The number of fused-ring (bicyclic) bond motifs is 3. The topological polar surface area (TPSA) is 51.9 Å². The summed E-state index contributed by atoms with van der Waals surface area (Å²) in [6.07, 6.45) is 0. The van der Waals surface area contributed by atoms with Crippen molar-refractivity contribution in [2.24, 2.45) is 0 Å². The summed E-state index contributed by atoms with van der Waals surface area (Å²) in [7, 11) is 0. The standard InChI is InChI=1S/C14H17FN4/c1-8(2)18-19-13-7-16-6-12-14(13)10-4-3-9(15)5-11(10)17-12/h3-5,13,16-19H,1,6-7H2,2H3. The predicted octanol–water partition coefficient (Wildman–Crippen LogP) is 2.08. The number of halogens is 1. The smallest absolute Gasteiger partial charge is 0.125 e. The van der Waals surface area contributed by atoms with Crippen LogP contribution in [0.15, 0.2) is 30.5 Å². The second kappa shape index (κ2) is 4.68. The molecule has 1 aromatic heterocycles. The molecule has 0 fully saturated rings. The van der Waals surface area contributed by atoms with Gasteiger partial charge < -0.3 is 15.7 Å². The maximum atomic E-state index is 13.3. The van der Waals surface area contributed by atoms with E-state index in [1.807, 2.05) is 13.0 Å². The summed E-state index contributed by atoms with van der Waals surface area (Å²) in [5, 5.41) is 4.40. The Kier molecular flexibility index (Phi) is 3.00. The molecule has 0 aliphatic carbocycles. The Balaban J connectivity index is 2.02. The van der Waals surface area contributed by atoms with E-state index in [4.69, 9.17) is 0 Å². The average Bonchev–Trinajstić information content (AvgIpc) is 2.73. The van der Waals surface area contributed by atoms with Crippen LogP contribution in [-0.2, 0) is 6.54 Å². The van der Waals surface area contributed by atoms with Gasteiger partial charge in [0.25, 0.3) is 0 Å². The van der Waals surface area contributed by atoms with Gasteiger partial charge in [-0.05, 0) is 25.1 Å². The first kappa shape index (κ1) is 12.2. The minimum Gasteiger partial charge on any atom is -0.357 e. The Morgan fingerprint density at radius 2 is 2.32 bits per heavy atom. The molecule has 0 spiro atoms. The molecule has 0 bridgehead atoms. The molecule has 1 aromatic carbocycles. The minimum atomic E-state index is -0.219. The van der Waals surface area contributed by atoms with Crippen molar-refractivity contribution in [3.8, 4) is 0 Å². The summed E-state index contributed by atoms with van der Waals surface area (Å²) in [5.41, 5.74) is 10.3.